The molecule has 0 unspecified atom stereocenters. The fourth-order valence-corrected chi connectivity index (χ4v) is 2.98. The topological polar surface area (TPSA) is 77.7 Å². The van der Waals surface area contributed by atoms with E-state index in [0.717, 1.165) is 11.3 Å². The van der Waals surface area contributed by atoms with Crippen LogP contribution in [0.15, 0.2) is 22.7 Å². The second kappa shape index (κ2) is 7.55. The minimum absolute atomic E-state index is 0.0345. The van der Waals surface area contributed by atoms with Crippen LogP contribution in [0.1, 0.15) is 31.1 Å². The van der Waals surface area contributed by atoms with Crippen molar-refractivity contribution in [2.75, 3.05) is 20.3 Å². The van der Waals surface area contributed by atoms with Crippen molar-refractivity contribution >= 4 is 5.91 Å². The van der Waals surface area contributed by atoms with Crippen molar-refractivity contribution in [3.8, 4) is 11.5 Å². The minimum Gasteiger partial charge on any atom is -0.493 e. The van der Waals surface area contributed by atoms with Crippen molar-refractivity contribution in [3.05, 3.63) is 35.5 Å². The first-order valence-corrected chi connectivity index (χ1v) is 8.55. The lowest BCUT2D eigenvalue weighted by Gasteiger charge is -2.29. The Labute approximate surface area is 146 Å². The van der Waals surface area contributed by atoms with Gasteiger partial charge < -0.3 is 18.9 Å². The number of fused-ring (bicyclic) bond motifs is 1. The highest BCUT2D eigenvalue weighted by molar-refractivity contribution is 5.79. The molecule has 0 radical (unpaired) electrons. The van der Waals surface area contributed by atoms with Gasteiger partial charge in [0.05, 0.1) is 19.6 Å². The fraction of sp³-hybridized carbons (Fsp3) is 0.500. The highest BCUT2D eigenvalue weighted by Gasteiger charge is 2.31. The van der Waals surface area contributed by atoms with Crippen molar-refractivity contribution < 1.29 is 18.8 Å². The Morgan fingerprint density at radius 2 is 2.24 bits per heavy atom. The summed E-state index contributed by atoms with van der Waals surface area (Å²) in [4.78, 5) is 18.9. The van der Waals surface area contributed by atoms with Gasteiger partial charge in [0.1, 0.15) is 6.61 Å². The van der Waals surface area contributed by atoms with Gasteiger partial charge in [-0.25, -0.2) is 0 Å². The molecule has 7 nitrogen and oxygen atoms in total. The molecule has 25 heavy (non-hydrogen) atoms. The van der Waals surface area contributed by atoms with Crippen molar-refractivity contribution in [1.29, 1.82) is 0 Å². The molecule has 0 saturated carbocycles. The number of methoxy groups -OCH3 is 1. The van der Waals surface area contributed by atoms with Gasteiger partial charge in [0.2, 0.25) is 11.8 Å². The third-order valence-corrected chi connectivity index (χ3v) is 4.37. The van der Waals surface area contributed by atoms with E-state index >= 15 is 0 Å². The number of benzene rings is 1. The Hall–Kier alpha value is -2.57. The third kappa shape index (κ3) is 3.60. The zero-order valence-corrected chi connectivity index (χ0v) is 14.8. The zero-order chi connectivity index (χ0) is 17.8. The van der Waals surface area contributed by atoms with Gasteiger partial charge in [0.15, 0.2) is 17.3 Å². The van der Waals surface area contributed by atoms with Gasteiger partial charge in [-0.05, 0) is 25.0 Å². The smallest absolute Gasteiger partial charge is 0.246 e. The Morgan fingerprint density at radius 3 is 2.92 bits per heavy atom. The summed E-state index contributed by atoms with van der Waals surface area (Å²) in [5.74, 6) is 2.36. The largest absolute Gasteiger partial charge is 0.493 e. The summed E-state index contributed by atoms with van der Waals surface area (Å²) in [6, 6.07) is 5.75. The summed E-state index contributed by atoms with van der Waals surface area (Å²) < 4.78 is 16.4. The SMILES string of the molecule is CCc1noc(CN(CC)C(=O)[C@H]2COc3c(cccc3OC)C2)n1. The Morgan fingerprint density at radius 1 is 1.40 bits per heavy atom. The first-order chi connectivity index (χ1) is 12.2. The van der Waals surface area contributed by atoms with Gasteiger partial charge in [0, 0.05) is 13.0 Å². The molecule has 0 aliphatic carbocycles. The molecule has 134 valence electrons. The van der Waals surface area contributed by atoms with E-state index in [1.807, 2.05) is 32.0 Å². The maximum Gasteiger partial charge on any atom is 0.246 e. The average Bonchev–Trinajstić information content (AvgIpc) is 3.12. The molecule has 7 heteroatoms. The van der Waals surface area contributed by atoms with Crippen LogP contribution >= 0.6 is 0 Å². The molecule has 1 aliphatic heterocycles. The molecule has 3 rings (SSSR count). The van der Waals surface area contributed by atoms with Crippen LogP contribution < -0.4 is 9.47 Å². The van der Waals surface area contributed by atoms with Crippen LogP contribution in [-0.4, -0.2) is 41.2 Å². The van der Waals surface area contributed by atoms with Gasteiger partial charge in [0.25, 0.3) is 0 Å². The molecule has 2 heterocycles. The summed E-state index contributed by atoms with van der Waals surface area (Å²) in [7, 11) is 1.62. The number of hydrogen-bond donors (Lipinski definition) is 0. The normalized spacial score (nSPS) is 16.0. The number of amides is 1. The maximum atomic E-state index is 12.9. The van der Waals surface area contributed by atoms with Crippen molar-refractivity contribution in [2.24, 2.45) is 5.92 Å². The molecule has 1 amide bonds. The molecule has 1 atom stereocenters. The van der Waals surface area contributed by atoms with Gasteiger partial charge in [-0.15, -0.1) is 0 Å². The number of carbonyl (C=O) groups excluding carboxylic acids is 1. The molecule has 0 fully saturated rings. The molecular formula is C18H23N3O4. The number of carbonyl (C=O) groups is 1. The predicted molar refractivity (Wildman–Crippen MR) is 90.5 cm³/mol. The van der Waals surface area contributed by atoms with Gasteiger partial charge in [-0.2, -0.15) is 4.98 Å². The lowest BCUT2D eigenvalue weighted by Crippen LogP contribution is -2.40. The van der Waals surface area contributed by atoms with E-state index < -0.39 is 0 Å². The molecule has 0 spiro atoms. The van der Waals surface area contributed by atoms with E-state index in [1.54, 1.807) is 12.0 Å². The van der Waals surface area contributed by atoms with Crippen molar-refractivity contribution in [2.45, 2.75) is 33.2 Å². The van der Waals surface area contributed by atoms with Crippen LogP contribution in [0.3, 0.4) is 0 Å². The second-order valence-corrected chi connectivity index (χ2v) is 5.97. The molecule has 2 aromatic rings. The molecule has 0 bridgehead atoms. The van der Waals surface area contributed by atoms with E-state index in [-0.39, 0.29) is 11.8 Å². The summed E-state index contributed by atoms with van der Waals surface area (Å²) in [5, 5.41) is 3.88. The zero-order valence-electron chi connectivity index (χ0n) is 14.8. The number of aromatic nitrogens is 2. The van der Waals surface area contributed by atoms with Gasteiger partial charge in [-0.3, -0.25) is 4.79 Å². The van der Waals surface area contributed by atoms with Crippen molar-refractivity contribution in [3.63, 3.8) is 0 Å². The van der Waals surface area contributed by atoms with Crippen LogP contribution in [0, 0.1) is 5.92 Å². The minimum atomic E-state index is -0.229. The Balaban J connectivity index is 1.71. The van der Waals surface area contributed by atoms with Crippen LogP contribution in [0.25, 0.3) is 0 Å². The van der Waals surface area contributed by atoms with Gasteiger partial charge in [-0.1, -0.05) is 24.2 Å². The monoisotopic (exact) mass is 345 g/mol. The van der Waals surface area contributed by atoms with E-state index in [4.69, 9.17) is 14.0 Å². The highest BCUT2D eigenvalue weighted by atomic mass is 16.5. The average molecular weight is 345 g/mol. The summed E-state index contributed by atoms with van der Waals surface area (Å²) in [6.07, 6.45) is 1.34. The second-order valence-electron chi connectivity index (χ2n) is 5.97. The lowest BCUT2D eigenvalue weighted by molar-refractivity contribution is -0.137. The van der Waals surface area contributed by atoms with Crippen LogP contribution in [-0.2, 0) is 24.2 Å². The standard InChI is InChI=1S/C18H23N3O4/c1-4-15-19-16(25-20-15)10-21(5-2)18(22)13-9-12-7-6-8-14(23-3)17(12)24-11-13/h6-8,13H,4-5,9-11H2,1-3H3/t13-/m1/s1. The third-order valence-electron chi connectivity index (χ3n) is 4.37. The highest BCUT2D eigenvalue weighted by Crippen LogP contribution is 2.36. The number of para-hydroxylation sites is 1. The quantitative estimate of drug-likeness (QED) is 0.799. The van der Waals surface area contributed by atoms with E-state index in [9.17, 15) is 4.79 Å². The van der Waals surface area contributed by atoms with Crippen LogP contribution in [0.2, 0.25) is 0 Å². The molecule has 1 aliphatic rings. The van der Waals surface area contributed by atoms with Crippen LogP contribution in [0.5, 0.6) is 11.5 Å². The maximum absolute atomic E-state index is 12.9. The van der Waals surface area contributed by atoms with E-state index in [0.29, 0.717) is 50.0 Å². The Bertz CT molecular complexity index is 744. The molecule has 1 aromatic carbocycles. The van der Waals surface area contributed by atoms with Crippen molar-refractivity contribution in [1.82, 2.24) is 15.0 Å². The number of rotatable bonds is 6. The number of ether oxygens (including phenoxy) is 2. The van der Waals surface area contributed by atoms with E-state index in [2.05, 4.69) is 10.1 Å². The predicted octanol–water partition coefficient (Wildman–Crippen LogP) is 2.24. The molecule has 1 aromatic heterocycles. The summed E-state index contributed by atoms with van der Waals surface area (Å²) in [6.45, 7) is 5.14. The number of aryl methyl sites for hydroxylation is 1. The molecule has 0 N–H and O–H groups in total. The summed E-state index contributed by atoms with van der Waals surface area (Å²) in [5.41, 5.74) is 0.992. The fourth-order valence-electron chi connectivity index (χ4n) is 2.98. The van der Waals surface area contributed by atoms with E-state index in [1.165, 1.54) is 0 Å². The first-order valence-electron chi connectivity index (χ1n) is 8.55. The molecule has 0 saturated heterocycles. The lowest BCUT2D eigenvalue weighted by atomic mass is 9.95. The van der Waals surface area contributed by atoms with Crippen LogP contribution in [0.4, 0.5) is 0 Å². The first kappa shape index (κ1) is 17.3. The number of hydrogen-bond acceptors (Lipinski definition) is 6. The Kier molecular flexibility index (Phi) is 5.21. The molecular weight excluding hydrogens is 322 g/mol. The summed E-state index contributed by atoms with van der Waals surface area (Å²) >= 11 is 0. The number of nitrogens with zero attached hydrogens (tertiary/aromatic N) is 3. The van der Waals surface area contributed by atoms with Gasteiger partial charge >= 0.3 is 0 Å².